The van der Waals surface area contributed by atoms with Crippen molar-refractivity contribution in [1.82, 2.24) is 14.8 Å². The van der Waals surface area contributed by atoms with Gasteiger partial charge in [0.1, 0.15) is 5.01 Å². The molecule has 1 aromatic heterocycles. The molecule has 0 radical (unpaired) electrons. The van der Waals surface area contributed by atoms with Crippen LogP contribution in [-0.4, -0.2) is 59.7 Å². The normalized spacial score (nSPS) is 28.4. The molecule has 104 valence electrons. The van der Waals surface area contributed by atoms with Crippen molar-refractivity contribution in [2.45, 2.75) is 25.1 Å². The van der Waals surface area contributed by atoms with E-state index in [2.05, 4.69) is 26.7 Å². The second-order valence-electron chi connectivity index (χ2n) is 5.29. The van der Waals surface area contributed by atoms with Crippen molar-refractivity contribution >= 4 is 11.3 Å². The van der Waals surface area contributed by atoms with Crippen molar-refractivity contribution in [1.29, 1.82) is 0 Å². The van der Waals surface area contributed by atoms with Crippen LogP contribution >= 0.6 is 11.3 Å². The SMILES string of the molecule is C=CCO[C@@H]1C[C@H]2CN(Cc3nccs3)CCN2C1. The van der Waals surface area contributed by atoms with Crippen LogP contribution in [0.5, 0.6) is 0 Å². The van der Waals surface area contributed by atoms with Gasteiger partial charge in [-0.2, -0.15) is 0 Å². The largest absolute Gasteiger partial charge is 0.373 e. The lowest BCUT2D eigenvalue weighted by molar-refractivity contribution is 0.0758. The van der Waals surface area contributed by atoms with Crippen LogP contribution in [0.4, 0.5) is 0 Å². The molecule has 2 atom stereocenters. The maximum atomic E-state index is 5.80. The summed E-state index contributed by atoms with van der Waals surface area (Å²) in [7, 11) is 0. The third-order valence-corrected chi connectivity index (χ3v) is 4.72. The van der Waals surface area contributed by atoms with E-state index in [9.17, 15) is 0 Å². The Balaban J connectivity index is 1.51. The first kappa shape index (κ1) is 13.2. The summed E-state index contributed by atoms with van der Waals surface area (Å²) in [4.78, 5) is 9.48. The summed E-state index contributed by atoms with van der Waals surface area (Å²) in [6, 6.07) is 0.656. The molecule has 0 spiro atoms. The van der Waals surface area contributed by atoms with Crippen LogP contribution in [0.3, 0.4) is 0 Å². The number of hydrogen-bond donors (Lipinski definition) is 0. The van der Waals surface area contributed by atoms with Gasteiger partial charge in [-0.3, -0.25) is 9.80 Å². The van der Waals surface area contributed by atoms with Crippen LogP contribution in [0.2, 0.25) is 0 Å². The smallest absolute Gasteiger partial charge is 0.107 e. The molecular formula is C14H21N3OS. The molecule has 1 aromatic rings. The number of piperazine rings is 1. The predicted octanol–water partition coefficient (Wildman–Crippen LogP) is 1.60. The predicted molar refractivity (Wildman–Crippen MR) is 77.3 cm³/mol. The van der Waals surface area contributed by atoms with E-state index in [1.165, 1.54) is 5.01 Å². The standard InChI is InChI=1S/C14H21N3OS/c1-2-6-18-13-8-12-9-16(4-5-17(12)10-13)11-14-15-3-7-19-14/h2-3,7,12-13H,1,4-6,8-11H2/t12-,13+/m0/s1. The van der Waals surface area contributed by atoms with Gasteiger partial charge in [-0.25, -0.2) is 4.98 Å². The van der Waals surface area contributed by atoms with Gasteiger partial charge in [-0.15, -0.1) is 17.9 Å². The average Bonchev–Trinajstić information content (AvgIpc) is 3.04. The molecule has 2 fully saturated rings. The van der Waals surface area contributed by atoms with Crippen molar-refractivity contribution in [2.75, 3.05) is 32.8 Å². The molecule has 0 amide bonds. The van der Waals surface area contributed by atoms with E-state index in [0.29, 0.717) is 18.8 Å². The quantitative estimate of drug-likeness (QED) is 0.766. The fourth-order valence-electron chi connectivity index (χ4n) is 3.05. The number of ether oxygens (including phenoxy) is 1. The third kappa shape index (κ3) is 3.23. The van der Waals surface area contributed by atoms with E-state index < -0.39 is 0 Å². The first-order valence-corrected chi connectivity index (χ1v) is 7.80. The molecular weight excluding hydrogens is 258 g/mol. The van der Waals surface area contributed by atoms with Crippen molar-refractivity contribution in [3.63, 3.8) is 0 Å². The summed E-state index contributed by atoms with van der Waals surface area (Å²) in [5.74, 6) is 0. The number of rotatable bonds is 5. The highest BCUT2D eigenvalue weighted by Gasteiger charge is 2.36. The van der Waals surface area contributed by atoms with Crippen LogP contribution in [0.25, 0.3) is 0 Å². The Morgan fingerprint density at radius 2 is 2.42 bits per heavy atom. The van der Waals surface area contributed by atoms with E-state index in [1.54, 1.807) is 11.3 Å². The Labute approximate surface area is 118 Å². The van der Waals surface area contributed by atoms with E-state index >= 15 is 0 Å². The summed E-state index contributed by atoms with van der Waals surface area (Å²) >= 11 is 1.75. The minimum Gasteiger partial charge on any atom is -0.373 e. The van der Waals surface area contributed by atoms with Crippen LogP contribution < -0.4 is 0 Å². The lowest BCUT2D eigenvalue weighted by Gasteiger charge is -2.36. The van der Waals surface area contributed by atoms with E-state index in [-0.39, 0.29) is 0 Å². The van der Waals surface area contributed by atoms with Crippen LogP contribution in [0.1, 0.15) is 11.4 Å². The van der Waals surface area contributed by atoms with Gasteiger partial charge in [0.15, 0.2) is 0 Å². The first-order chi connectivity index (χ1) is 9.35. The number of fused-ring (bicyclic) bond motifs is 1. The van der Waals surface area contributed by atoms with Gasteiger partial charge in [0.05, 0.1) is 19.3 Å². The van der Waals surface area contributed by atoms with Gasteiger partial charge >= 0.3 is 0 Å². The van der Waals surface area contributed by atoms with Gasteiger partial charge in [0.2, 0.25) is 0 Å². The first-order valence-electron chi connectivity index (χ1n) is 6.92. The third-order valence-electron chi connectivity index (χ3n) is 3.95. The Morgan fingerprint density at radius 1 is 1.47 bits per heavy atom. The topological polar surface area (TPSA) is 28.6 Å². The van der Waals surface area contributed by atoms with Crippen LogP contribution in [0.15, 0.2) is 24.2 Å². The maximum Gasteiger partial charge on any atom is 0.107 e. The van der Waals surface area contributed by atoms with E-state index in [1.807, 2.05) is 12.3 Å². The zero-order valence-electron chi connectivity index (χ0n) is 11.2. The number of thiazole rings is 1. The van der Waals surface area contributed by atoms with Crippen molar-refractivity contribution in [3.8, 4) is 0 Å². The zero-order chi connectivity index (χ0) is 13.1. The molecule has 2 aliphatic heterocycles. The summed E-state index contributed by atoms with van der Waals surface area (Å²) in [5, 5.41) is 3.28. The van der Waals surface area contributed by atoms with Crippen molar-refractivity contribution in [2.24, 2.45) is 0 Å². The molecule has 2 saturated heterocycles. The molecule has 0 unspecified atom stereocenters. The Hall–Kier alpha value is -0.750. The van der Waals surface area contributed by atoms with E-state index in [4.69, 9.17) is 4.74 Å². The second kappa shape index (κ2) is 6.13. The highest BCUT2D eigenvalue weighted by atomic mass is 32.1. The lowest BCUT2D eigenvalue weighted by atomic mass is 10.1. The Bertz CT molecular complexity index is 409. The Morgan fingerprint density at radius 3 is 3.21 bits per heavy atom. The number of hydrogen-bond acceptors (Lipinski definition) is 5. The molecule has 0 aliphatic carbocycles. The second-order valence-corrected chi connectivity index (χ2v) is 6.27. The monoisotopic (exact) mass is 279 g/mol. The van der Waals surface area contributed by atoms with Crippen LogP contribution in [0, 0.1) is 0 Å². The molecule has 0 N–H and O–H groups in total. The number of nitrogens with zero attached hydrogens (tertiary/aromatic N) is 3. The zero-order valence-corrected chi connectivity index (χ0v) is 12.0. The Kier molecular flexibility index (Phi) is 4.28. The highest BCUT2D eigenvalue weighted by molar-refractivity contribution is 7.09. The van der Waals surface area contributed by atoms with Crippen molar-refractivity contribution < 1.29 is 4.74 Å². The van der Waals surface area contributed by atoms with Gasteiger partial charge in [-0.05, 0) is 6.42 Å². The molecule has 19 heavy (non-hydrogen) atoms. The van der Waals surface area contributed by atoms with Gasteiger partial charge in [0.25, 0.3) is 0 Å². The fraction of sp³-hybridized carbons (Fsp3) is 0.643. The summed E-state index contributed by atoms with van der Waals surface area (Å²) in [6.07, 6.45) is 5.28. The average molecular weight is 279 g/mol. The lowest BCUT2D eigenvalue weighted by Crippen LogP contribution is -2.49. The molecule has 5 heteroatoms. The molecule has 0 bridgehead atoms. The summed E-state index contributed by atoms with van der Waals surface area (Å²) < 4.78 is 5.80. The molecule has 3 heterocycles. The highest BCUT2D eigenvalue weighted by Crippen LogP contribution is 2.25. The minimum atomic E-state index is 0.391. The summed E-state index contributed by atoms with van der Waals surface area (Å²) in [5.41, 5.74) is 0. The van der Waals surface area contributed by atoms with Crippen LogP contribution in [-0.2, 0) is 11.3 Å². The molecule has 3 rings (SSSR count). The van der Waals surface area contributed by atoms with E-state index in [0.717, 1.165) is 39.1 Å². The minimum absolute atomic E-state index is 0.391. The van der Waals surface area contributed by atoms with Gasteiger partial charge in [-0.1, -0.05) is 6.08 Å². The van der Waals surface area contributed by atoms with Crippen molar-refractivity contribution in [3.05, 3.63) is 29.2 Å². The maximum absolute atomic E-state index is 5.80. The van der Waals surface area contributed by atoms with Gasteiger partial charge in [0, 0.05) is 43.8 Å². The fourth-order valence-corrected chi connectivity index (χ4v) is 3.71. The molecule has 2 aliphatic rings. The molecule has 0 aromatic carbocycles. The molecule has 4 nitrogen and oxygen atoms in total. The van der Waals surface area contributed by atoms with Gasteiger partial charge < -0.3 is 4.74 Å². The molecule has 0 saturated carbocycles. The number of aromatic nitrogens is 1. The summed E-state index contributed by atoms with van der Waals surface area (Å²) in [6.45, 7) is 9.92.